The molecule has 1 aliphatic rings. The zero-order chi connectivity index (χ0) is 14.8. The highest BCUT2D eigenvalue weighted by molar-refractivity contribution is 5.26. The van der Waals surface area contributed by atoms with Crippen LogP contribution in [0.15, 0.2) is 24.3 Å². The van der Waals surface area contributed by atoms with E-state index in [0.29, 0.717) is 12.8 Å². The summed E-state index contributed by atoms with van der Waals surface area (Å²) in [6.07, 6.45) is -1.66. The van der Waals surface area contributed by atoms with Crippen molar-refractivity contribution in [2.75, 3.05) is 7.11 Å². The fourth-order valence-electron chi connectivity index (χ4n) is 2.54. The number of hydrogen-bond acceptors (Lipinski definition) is 5. The molecule has 112 valence electrons. The van der Waals surface area contributed by atoms with Gasteiger partial charge in [-0.1, -0.05) is 12.1 Å². The summed E-state index contributed by atoms with van der Waals surface area (Å²) in [5, 5.41) is 30.1. The van der Waals surface area contributed by atoms with Crippen LogP contribution in [0.25, 0.3) is 0 Å². The molecule has 1 fully saturated rings. The lowest BCUT2D eigenvalue weighted by molar-refractivity contribution is -0.215. The van der Waals surface area contributed by atoms with Crippen LogP contribution in [0.4, 0.5) is 0 Å². The highest BCUT2D eigenvalue weighted by atomic mass is 16.5. The first kappa shape index (κ1) is 15.3. The maximum Gasteiger partial charge on any atom is 0.118 e. The van der Waals surface area contributed by atoms with E-state index in [1.807, 2.05) is 24.3 Å². The summed E-state index contributed by atoms with van der Waals surface area (Å²) >= 11 is 0. The summed E-state index contributed by atoms with van der Waals surface area (Å²) in [5.41, 5.74) is -0.529. The van der Waals surface area contributed by atoms with Crippen LogP contribution < -0.4 is 4.74 Å². The minimum Gasteiger partial charge on any atom is -0.497 e. The third-order valence-electron chi connectivity index (χ3n) is 3.92. The van der Waals surface area contributed by atoms with E-state index in [0.717, 1.165) is 11.3 Å². The molecule has 5 nitrogen and oxygen atoms in total. The average Bonchev–Trinajstić information content (AvgIpc) is 2.44. The van der Waals surface area contributed by atoms with Crippen LogP contribution >= 0.6 is 0 Å². The zero-order valence-corrected chi connectivity index (χ0v) is 11.8. The van der Waals surface area contributed by atoms with Gasteiger partial charge in [0.2, 0.25) is 0 Å². The van der Waals surface area contributed by atoms with Crippen LogP contribution in [0.1, 0.15) is 25.3 Å². The van der Waals surface area contributed by atoms with Gasteiger partial charge in [-0.2, -0.15) is 0 Å². The molecule has 0 aromatic heterocycles. The van der Waals surface area contributed by atoms with Crippen molar-refractivity contribution in [2.45, 2.75) is 50.3 Å². The van der Waals surface area contributed by atoms with Gasteiger partial charge in [-0.3, -0.25) is 0 Å². The summed E-state index contributed by atoms with van der Waals surface area (Å²) in [6.45, 7) is 1.76. The van der Waals surface area contributed by atoms with Gasteiger partial charge in [0.15, 0.2) is 0 Å². The second-order valence-corrected chi connectivity index (χ2v) is 5.47. The fraction of sp³-hybridized carbons (Fsp3) is 0.600. The van der Waals surface area contributed by atoms with Gasteiger partial charge in [-0.05, 0) is 37.5 Å². The predicted molar refractivity (Wildman–Crippen MR) is 73.4 cm³/mol. The van der Waals surface area contributed by atoms with Gasteiger partial charge in [0.05, 0.1) is 25.9 Å². The standard InChI is InChI=1S/C15H22O5/c1-15(18)13(17)8-7-12(16)14(15)20-9-10-3-5-11(19-2)6-4-10/h3-6,12-14,16-18H,7-9H2,1-2H3/t12-,13-,14-,15-/m1/s1. The fourth-order valence-corrected chi connectivity index (χ4v) is 2.54. The lowest BCUT2D eigenvalue weighted by Gasteiger charge is -2.43. The normalized spacial score (nSPS) is 34.0. The van der Waals surface area contributed by atoms with E-state index in [1.165, 1.54) is 6.92 Å². The van der Waals surface area contributed by atoms with Crippen molar-refractivity contribution >= 4 is 0 Å². The summed E-state index contributed by atoms with van der Waals surface area (Å²) in [7, 11) is 1.60. The van der Waals surface area contributed by atoms with Crippen LogP contribution in [0.5, 0.6) is 5.75 Å². The Morgan fingerprint density at radius 3 is 2.45 bits per heavy atom. The SMILES string of the molecule is COc1ccc(CO[C@@H]2[C@H](O)CC[C@@H](O)[C@@]2(C)O)cc1. The molecule has 0 unspecified atom stereocenters. The van der Waals surface area contributed by atoms with Crippen LogP contribution in [0.2, 0.25) is 0 Å². The van der Waals surface area contributed by atoms with Gasteiger partial charge >= 0.3 is 0 Å². The quantitative estimate of drug-likeness (QED) is 0.763. The molecule has 0 heterocycles. The van der Waals surface area contributed by atoms with Crippen LogP contribution in [-0.4, -0.2) is 46.3 Å². The Bertz CT molecular complexity index is 428. The van der Waals surface area contributed by atoms with Gasteiger partial charge in [-0.25, -0.2) is 0 Å². The molecule has 2 rings (SSSR count). The van der Waals surface area contributed by atoms with E-state index in [4.69, 9.17) is 9.47 Å². The molecular formula is C15H22O5. The third-order valence-corrected chi connectivity index (χ3v) is 3.92. The second kappa shape index (κ2) is 6.10. The topological polar surface area (TPSA) is 79.2 Å². The van der Waals surface area contributed by atoms with Crippen molar-refractivity contribution in [1.29, 1.82) is 0 Å². The Hall–Kier alpha value is -1.14. The molecule has 0 amide bonds. The van der Waals surface area contributed by atoms with Crippen molar-refractivity contribution in [3.05, 3.63) is 29.8 Å². The van der Waals surface area contributed by atoms with E-state index in [9.17, 15) is 15.3 Å². The molecule has 1 aliphatic carbocycles. The number of aliphatic hydroxyl groups excluding tert-OH is 2. The Kier molecular flexibility index (Phi) is 4.65. The Morgan fingerprint density at radius 2 is 1.85 bits per heavy atom. The monoisotopic (exact) mass is 282 g/mol. The molecule has 0 saturated heterocycles. The van der Waals surface area contributed by atoms with Crippen molar-refractivity contribution in [3.63, 3.8) is 0 Å². The summed E-state index contributed by atoms with van der Waals surface area (Å²) < 4.78 is 10.7. The van der Waals surface area contributed by atoms with E-state index in [-0.39, 0.29) is 6.61 Å². The zero-order valence-electron chi connectivity index (χ0n) is 11.8. The minimum absolute atomic E-state index is 0.259. The second-order valence-electron chi connectivity index (χ2n) is 5.47. The van der Waals surface area contributed by atoms with Crippen molar-refractivity contribution in [2.24, 2.45) is 0 Å². The van der Waals surface area contributed by atoms with E-state index in [1.54, 1.807) is 7.11 Å². The van der Waals surface area contributed by atoms with Crippen LogP contribution in [0, 0.1) is 0 Å². The van der Waals surface area contributed by atoms with Crippen LogP contribution in [-0.2, 0) is 11.3 Å². The lowest BCUT2D eigenvalue weighted by atomic mass is 9.79. The summed E-state index contributed by atoms with van der Waals surface area (Å²) in [4.78, 5) is 0. The van der Waals surface area contributed by atoms with Crippen molar-refractivity contribution in [1.82, 2.24) is 0 Å². The van der Waals surface area contributed by atoms with E-state index < -0.39 is 23.9 Å². The van der Waals surface area contributed by atoms with Gasteiger partial charge in [0.25, 0.3) is 0 Å². The lowest BCUT2D eigenvalue weighted by Crippen LogP contribution is -2.59. The Labute approximate surface area is 118 Å². The number of aliphatic hydroxyl groups is 3. The molecule has 1 aromatic carbocycles. The molecule has 4 atom stereocenters. The predicted octanol–water partition coefficient (Wildman–Crippen LogP) is 0.847. The molecule has 20 heavy (non-hydrogen) atoms. The molecule has 1 aromatic rings. The third kappa shape index (κ3) is 3.12. The molecule has 5 heteroatoms. The number of rotatable bonds is 4. The number of methoxy groups -OCH3 is 1. The van der Waals surface area contributed by atoms with Gasteiger partial charge in [-0.15, -0.1) is 0 Å². The summed E-state index contributed by atoms with van der Waals surface area (Å²) in [6, 6.07) is 7.37. The smallest absolute Gasteiger partial charge is 0.118 e. The van der Waals surface area contributed by atoms with Crippen molar-refractivity contribution < 1.29 is 24.8 Å². The number of hydrogen-bond donors (Lipinski definition) is 3. The molecule has 1 saturated carbocycles. The Balaban J connectivity index is 2.00. The maximum absolute atomic E-state index is 10.3. The minimum atomic E-state index is -1.44. The highest BCUT2D eigenvalue weighted by Crippen LogP contribution is 2.31. The first-order valence-electron chi connectivity index (χ1n) is 6.78. The first-order chi connectivity index (χ1) is 9.45. The van der Waals surface area contributed by atoms with Gasteiger partial charge < -0.3 is 24.8 Å². The molecule has 0 bridgehead atoms. The maximum atomic E-state index is 10.3. The molecule has 3 N–H and O–H groups in total. The Morgan fingerprint density at radius 1 is 1.20 bits per heavy atom. The first-order valence-corrected chi connectivity index (χ1v) is 6.78. The molecular weight excluding hydrogens is 260 g/mol. The molecule has 0 spiro atoms. The van der Waals surface area contributed by atoms with Crippen molar-refractivity contribution in [3.8, 4) is 5.75 Å². The largest absolute Gasteiger partial charge is 0.497 e. The molecule has 0 aliphatic heterocycles. The number of ether oxygens (including phenoxy) is 2. The summed E-state index contributed by atoms with van der Waals surface area (Å²) in [5.74, 6) is 0.758. The van der Waals surface area contributed by atoms with Gasteiger partial charge in [0, 0.05) is 0 Å². The number of benzene rings is 1. The van der Waals surface area contributed by atoms with Gasteiger partial charge in [0.1, 0.15) is 17.5 Å². The van der Waals surface area contributed by atoms with E-state index in [2.05, 4.69) is 0 Å². The van der Waals surface area contributed by atoms with E-state index >= 15 is 0 Å². The van der Waals surface area contributed by atoms with Crippen LogP contribution in [0.3, 0.4) is 0 Å². The highest BCUT2D eigenvalue weighted by Gasteiger charge is 2.47. The molecule has 0 radical (unpaired) electrons. The average molecular weight is 282 g/mol.